The third-order valence-corrected chi connectivity index (χ3v) is 24.1. The summed E-state index contributed by atoms with van der Waals surface area (Å²) in [7, 11) is 2.80. The van der Waals surface area contributed by atoms with Crippen molar-refractivity contribution >= 4 is 13.2 Å². The Morgan fingerprint density at radius 2 is 1.32 bits per heavy atom. The second-order valence-corrected chi connectivity index (χ2v) is 27.1. The molecule has 3 saturated carbocycles. The van der Waals surface area contributed by atoms with E-state index >= 15 is 0 Å². The van der Waals surface area contributed by atoms with Gasteiger partial charge in [0.25, 0.3) is 0 Å². The highest BCUT2D eigenvalue weighted by Gasteiger charge is 2.56. The largest absolute Gasteiger partial charge is 0.459 e. The van der Waals surface area contributed by atoms with Crippen molar-refractivity contribution in [2.24, 2.45) is 11.8 Å². The normalized spacial score (nSPS) is 38.9. The molecule has 0 aromatic heterocycles. The van der Waals surface area contributed by atoms with Gasteiger partial charge in [0, 0.05) is 19.3 Å². The highest BCUT2D eigenvalue weighted by molar-refractivity contribution is 7.77. The first-order chi connectivity index (χ1) is 29.9. The van der Waals surface area contributed by atoms with E-state index in [0.717, 1.165) is 36.4 Å². The van der Waals surface area contributed by atoms with Crippen molar-refractivity contribution in [3.05, 3.63) is 0 Å². The Labute approximate surface area is 386 Å². The second-order valence-electron chi connectivity index (χ2n) is 22.5. The molecule has 11 heteroatoms. The van der Waals surface area contributed by atoms with Gasteiger partial charge in [0.1, 0.15) is 23.9 Å². The molecule has 5 rings (SSSR count). The molecule has 10 nitrogen and oxygen atoms in total. The summed E-state index contributed by atoms with van der Waals surface area (Å²) in [6, 6.07) is -0.575. The van der Waals surface area contributed by atoms with Gasteiger partial charge in [-0.15, -0.1) is 0 Å². The number of aliphatic hydroxyl groups excluding tert-OH is 2. The molecule has 4 N–H and O–H groups in total. The van der Waals surface area contributed by atoms with Gasteiger partial charge in [-0.1, -0.05) is 46.5 Å². The van der Waals surface area contributed by atoms with Crippen LogP contribution in [0.3, 0.4) is 0 Å². The van der Waals surface area contributed by atoms with Gasteiger partial charge in [0.2, 0.25) is 0 Å². The lowest BCUT2D eigenvalue weighted by Crippen LogP contribution is -2.59. The smallest absolute Gasteiger partial charge is 0.309 e. The summed E-state index contributed by atoms with van der Waals surface area (Å²) in [5.74, 6) is -1.31. The molecule has 0 bridgehead atoms. The van der Waals surface area contributed by atoms with E-state index in [1.165, 1.54) is 115 Å². The number of hydrogen-bond acceptors (Lipinski definition) is 10. The van der Waals surface area contributed by atoms with Crippen LogP contribution in [0.1, 0.15) is 203 Å². The molecule has 0 aromatic carbocycles. The summed E-state index contributed by atoms with van der Waals surface area (Å²) in [6.45, 7) is 14.5. The summed E-state index contributed by atoms with van der Waals surface area (Å²) < 4.78 is 19.0. The van der Waals surface area contributed by atoms with Crippen LogP contribution < -0.4 is 0 Å². The SMILES string of the molecule is CC[C@H]1OC(=O)[C@H](C)C[C@H](C)[C@@H](O[C@@H]2O[C@H](C)C[C@H](N(C)C)[C@H]2O)[C@](C)(O)CCCN(CCCCCC[P+](C2CCCCC2)(C2CCCCC2)C2CCCCC2)[C@H](C)[C@@H](O)[C@]1(C)O. The standard InChI is InChI=1S/C52H98N2O8P/c1-10-45-52(7,59)47(56)40(5)54(32-22-11-12-23-34-63(41-25-16-13-17-26-41,42-27-18-14-19-28-42)43-29-20-15-21-30-43)33-24-31-51(6,58)48(37(2)35-38(3)49(57)61-45)62-50-46(55)44(53(8)9)36-39(4)60-50/h37-48,50,55-56,58-59H,10-36H2,1-9H3/q+1/t37-,38+,39+,40+,44-,45+,46+,47+,48+,50-,51+,52+/m0/s1. The number of aliphatic hydroxyl groups is 4. The molecule has 3 aliphatic carbocycles. The third kappa shape index (κ3) is 13.6. The van der Waals surface area contributed by atoms with Crippen LogP contribution in [0.15, 0.2) is 0 Å². The van der Waals surface area contributed by atoms with Crippen molar-refractivity contribution in [1.29, 1.82) is 0 Å². The number of hydrogen-bond donors (Lipinski definition) is 4. The van der Waals surface area contributed by atoms with Crippen LogP contribution in [0.5, 0.6) is 0 Å². The fourth-order valence-corrected chi connectivity index (χ4v) is 21.3. The molecule has 2 saturated heterocycles. The molecule has 0 spiro atoms. The van der Waals surface area contributed by atoms with E-state index in [9.17, 15) is 25.2 Å². The quantitative estimate of drug-likeness (QED) is 0.0759. The van der Waals surface area contributed by atoms with Gasteiger partial charge in [0.05, 0.1) is 46.9 Å². The zero-order valence-corrected chi connectivity index (χ0v) is 42.8. The van der Waals surface area contributed by atoms with E-state index in [0.29, 0.717) is 38.6 Å². The van der Waals surface area contributed by atoms with Gasteiger partial charge in [-0.2, -0.15) is 0 Å². The Morgan fingerprint density at radius 3 is 1.84 bits per heavy atom. The fourth-order valence-electron chi connectivity index (χ4n) is 13.7. The Kier molecular flexibility index (Phi) is 21.0. The molecule has 0 aromatic rings. The minimum atomic E-state index is -1.66. The van der Waals surface area contributed by atoms with Crippen LogP contribution in [0.25, 0.3) is 0 Å². The molecule has 2 heterocycles. The first kappa shape index (κ1) is 53.5. The summed E-state index contributed by atoms with van der Waals surface area (Å²) in [5, 5.41) is 47.8. The van der Waals surface area contributed by atoms with Crippen LogP contribution in [0.2, 0.25) is 0 Å². The molecular weight excluding hydrogens is 812 g/mol. The minimum absolute atomic E-state index is 0.141. The van der Waals surface area contributed by atoms with E-state index in [2.05, 4.69) is 4.90 Å². The highest BCUT2D eigenvalue weighted by Crippen LogP contribution is 2.77. The average Bonchev–Trinajstić information content (AvgIpc) is 3.27. The van der Waals surface area contributed by atoms with Crippen molar-refractivity contribution < 1.29 is 39.4 Å². The van der Waals surface area contributed by atoms with Crippen molar-refractivity contribution in [1.82, 2.24) is 9.80 Å². The van der Waals surface area contributed by atoms with Crippen LogP contribution >= 0.6 is 7.26 Å². The van der Waals surface area contributed by atoms with Gasteiger partial charge < -0.3 is 39.5 Å². The van der Waals surface area contributed by atoms with E-state index in [1.807, 2.05) is 60.5 Å². The topological polar surface area (TPSA) is 132 Å². The predicted octanol–water partition coefficient (Wildman–Crippen LogP) is 9.70. The summed E-state index contributed by atoms with van der Waals surface area (Å²) in [4.78, 5) is 18.0. The molecule has 5 aliphatic rings. The van der Waals surface area contributed by atoms with Crippen molar-refractivity contribution in [2.45, 2.75) is 280 Å². The van der Waals surface area contributed by atoms with Crippen LogP contribution in [0.4, 0.5) is 0 Å². The van der Waals surface area contributed by atoms with Gasteiger partial charge in [-0.05, 0) is 189 Å². The first-order valence-electron chi connectivity index (χ1n) is 26.5. The van der Waals surface area contributed by atoms with E-state index in [4.69, 9.17) is 14.2 Å². The lowest BCUT2D eigenvalue weighted by Gasteiger charge is -2.49. The Hall–Kier alpha value is -0.420. The molecule has 63 heavy (non-hydrogen) atoms. The number of esters is 1. The fraction of sp³-hybridized carbons (Fsp3) is 0.981. The zero-order valence-electron chi connectivity index (χ0n) is 41.9. The molecule has 12 atom stereocenters. The van der Waals surface area contributed by atoms with Crippen molar-refractivity contribution in [2.75, 3.05) is 33.3 Å². The molecular formula is C52H98N2O8P+. The monoisotopic (exact) mass is 910 g/mol. The van der Waals surface area contributed by atoms with E-state index < -0.39 is 67.1 Å². The van der Waals surface area contributed by atoms with Gasteiger partial charge in [0.15, 0.2) is 6.29 Å². The van der Waals surface area contributed by atoms with E-state index in [1.54, 1.807) is 6.92 Å². The summed E-state index contributed by atoms with van der Waals surface area (Å²) in [5.41, 5.74) is 0.0859. The summed E-state index contributed by atoms with van der Waals surface area (Å²) in [6.07, 6.45) is 26.0. The highest BCUT2D eigenvalue weighted by atomic mass is 31.2. The zero-order chi connectivity index (χ0) is 46.0. The maximum absolute atomic E-state index is 13.7. The summed E-state index contributed by atoms with van der Waals surface area (Å²) >= 11 is 0. The number of rotatable bonds is 14. The third-order valence-electron chi connectivity index (χ3n) is 17.4. The number of carbonyl (C=O) groups excluding carboxylic acids is 1. The van der Waals surface area contributed by atoms with Gasteiger partial charge in [-0.25, -0.2) is 0 Å². The first-order valence-corrected chi connectivity index (χ1v) is 28.7. The average molecular weight is 910 g/mol. The number of ether oxygens (including phenoxy) is 3. The molecule has 2 aliphatic heterocycles. The molecule has 0 radical (unpaired) electrons. The molecule has 0 amide bonds. The number of likely N-dealkylation sites (N-methyl/N-ethyl adjacent to an activating group) is 1. The van der Waals surface area contributed by atoms with Crippen LogP contribution in [0, 0.1) is 11.8 Å². The lowest BCUT2D eigenvalue weighted by molar-refractivity contribution is -0.294. The minimum Gasteiger partial charge on any atom is -0.459 e. The van der Waals surface area contributed by atoms with Crippen LogP contribution in [-0.2, 0) is 19.0 Å². The van der Waals surface area contributed by atoms with Gasteiger partial charge >= 0.3 is 5.97 Å². The van der Waals surface area contributed by atoms with Crippen molar-refractivity contribution in [3.8, 4) is 0 Å². The Bertz CT molecular complexity index is 1290. The predicted molar refractivity (Wildman–Crippen MR) is 259 cm³/mol. The number of unbranched alkanes of at least 4 members (excludes halogenated alkanes) is 3. The maximum atomic E-state index is 13.7. The molecule has 368 valence electrons. The number of cyclic esters (lactones) is 1. The van der Waals surface area contributed by atoms with Crippen LogP contribution in [-0.4, -0.2) is 147 Å². The number of nitrogens with zero attached hydrogens (tertiary/aromatic N) is 2. The Morgan fingerprint density at radius 1 is 0.778 bits per heavy atom. The van der Waals surface area contributed by atoms with Gasteiger partial charge in [-0.3, -0.25) is 9.69 Å². The number of carbonyl (C=O) groups is 1. The maximum Gasteiger partial charge on any atom is 0.309 e. The molecule has 0 unspecified atom stereocenters. The Balaban J connectivity index is 1.31. The van der Waals surface area contributed by atoms with Crippen molar-refractivity contribution in [3.63, 3.8) is 0 Å². The second kappa shape index (κ2) is 24.7. The molecule has 5 fully saturated rings. The van der Waals surface area contributed by atoms with E-state index in [-0.39, 0.29) is 18.1 Å². The lowest BCUT2D eigenvalue weighted by atomic mass is 9.81.